The van der Waals surface area contributed by atoms with Crippen LogP contribution in [0.1, 0.15) is 37.5 Å². The Kier molecular flexibility index (Phi) is 3.99. The first-order chi connectivity index (χ1) is 16.4. The molecule has 5 aromatic carbocycles. The summed E-state index contributed by atoms with van der Waals surface area (Å²) < 4.78 is 1.16. The van der Waals surface area contributed by atoms with Crippen molar-refractivity contribution in [2.75, 3.05) is 0 Å². The maximum Gasteiger partial charge on any atom is 0.0290 e. The molecular formula is C33H25Br. The zero-order valence-electron chi connectivity index (χ0n) is 19.6. The quantitative estimate of drug-likeness (QED) is 0.201. The largest absolute Gasteiger partial charge is 0.0701 e. The number of hydrogen-bond acceptors (Lipinski definition) is 0. The normalized spacial score (nSPS) is 20.9. The molecule has 2 aliphatic rings. The number of fused-ring (bicyclic) bond motifs is 2. The predicted molar refractivity (Wildman–Crippen MR) is 150 cm³/mol. The number of allylic oxidation sites excluding steroid dienone is 6. The fourth-order valence-corrected chi connectivity index (χ4v) is 6.69. The van der Waals surface area contributed by atoms with Gasteiger partial charge in [-0.1, -0.05) is 109 Å². The summed E-state index contributed by atoms with van der Waals surface area (Å²) in [6.45, 7) is 7.03. The molecule has 5 aromatic rings. The second-order valence-electron chi connectivity index (χ2n) is 10.6. The average molecular weight is 501 g/mol. The number of benzene rings is 5. The Morgan fingerprint density at radius 2 is 1.35 bits per heavy atom. The first kappa shape index (κ1) is 20.2. The Labute approximate surface area is 208 Å². The molecule has 164 valence electrons. The van der Waals surface area contributed by atoms with Crippen LogP contribution in [0.4, 0.5) is 0 Å². The Bertz CT molecular complexity index is 1730. The molecule has 0 bridgehead atoms. The Morgan fingerprint density at radius 1 is 0.676 bits per heavy atom. The van der Waals surface area contributed by atoms with Crippen LogP contribution < -0.4 is 0 Å². The van der Waals surface area contributed by atoms with Crippen molar-refractivity contribution >= 4 is 53.8 Å². The van der Waals surface area contributed by atoms with Crippen LogP contribution in [-0.4, -0.2) is 0 Å². The summed E-state index contributed by atoms with van der Waals surface area (Å²) in [6, 6.07) is 27.1. The number of halogens is 1. The third-order valence-electron chi connectivity index (χ3n) is 8.21. The van der Waals surface area contributed by atoms with Crippen LogP contribution in [0.15, 0.2) is 107 Å². The van der Waals surface area contributed by atoms with Gasteiger partial charge in [-0.3, -0.25) is 0 Å². The second-order valence-corrected chi connectivity index (χ2v) is 11.4. The van der Waals surface area contributed by atoms with Gasteiger partial charge in [0.2, 0.25) is 0 Å². The average Bonchev–Trinajstić information content (AvgIpc) is 2.95. The Balaban J connectivity index is 1.42. The van der Waals surface area contributed by atoms with Crippen molar-refractivity contribution in [3.8, 4) is 0 Å². The lowest BCUT2D eigenvalue weighted by Crippen LogP contribution is -2.18. The maximum atomic E-state index is 3.76. The summed E-state index contributed by atoms with van der Waals surface area (Å²) >= 11 is 3.76. The van der Waals surface area contributed by atoms with Gasteiger partial charge in [-0.05, 0) is 85.3 Å². The van der Waals surface area contributed by atoms with E-state index < -0.39 is 0 Å². The molecule has 0 N–H and O–H groups in total. The molecule has 2 aliphatic carbocycles. The lowest BCUT2D eigenvalue weighted by molar-refractivity contribution is 0.652. The van der Waals surface area contributed by atoms with Crippen LogP contribution in [0.25, 0.3) is 37.9 Å². The predicted octanol–water partition coefficient (Wildman–Crippen LogP) is 9.48. The van der Waals surface area contributed by atoms with Gasteiger partial charge in [0.15, 0.2) is 0 Å². The molecule has 0 aromatic heterocycles. The standard InChI is InChI=1S/C33H25Br/c1-32(2)27-7-5-4-6-24(27)25-14-16-33(3,17-15-28(25)32)23-18-21-9-8-20-11-13-29(34)26-12-10-22(19-23)30(21)31(20)26/h4-19H,1-3H3. The molecule has 7 rings (SSSR count). The summed E-state index contributed by atoms with van der Waals surface area (Å²) in [5.74, 6) is 0. The van der Waals surface area contributed by atoms with Crippen molar-refractivity contribution in [1.29, 1.82) is 0 Å². The minimum Gasteiger partial charge on any atom is -0.0701 e. The molecule has 0 heterocycles. The van der Waals surface area contributed by atoms with Gasteiger partial charge in [0.05, 0.1) is 0 Å². The van der Waals surface area contributed by atoms with E-state index in [9.17, 15) is 0 Å². The molecule has 34 heavy (non-hydrogen) atoms. The van der Waals surface area contributed by atoms with Gasteiger partial charge in [-0.2, -0.15) is 0 Å². The van der Waals surface area contributed by atoms with Gasteiger partial charge >= 0.3 is 0 Å². The van der Waals surface area contributed by atoms with Crippen LogP contribution in [0.2, 0.25) is 0 Å². The summed E-state index contributed by atoms with van der Waals surface area (Å²) in [5.41, 5.74) is 6.73. The molecule has 0 amide bonds. The van der Waals surface area contributed by atoms with E-state index in [2.05, 4.69) is 134 Å². The molecular weight excluding hydrogens is 476 g/mol. The third kappa shape index (κ3) is 2.59. The first-order valence-corrected chi connectivity index (χ1v) is 12.8. The van der Waals surface area contributed by atoms with Crippen LogP contribution in [-0.2, 0) is 10.8 Å². The van der Waals surface area contributed by atoms with Gasteiger partial charge in [-0.15, -0.1) is 0 Å². The third-order valence-corrected chi connectivity index (χ3v) is 8.91. The van der Waals surface area contributed by atoms with E-state index in [0.717, 1.165) is 4.47 Å². The van der Waals surface area contributed by atoms with Crippen molar-refractivity contribution in [1.82, 2.24) is 0 Å². The molecule has 1 atom stereocenters. The molecule has 1 heteroatoms. The molecule has 0 nitrogen and oxygen atoms in total. The maximum absolute atomic E-state index is 3.76. The highest BCUT2D eigenvalue weighted by Gasteiger charge is 2.37. The molecule has 0 fully saturated rings. The summed E-state index contributed by atoms with van der Waals surface area (Å²) in [5, 5.41) is 7.91. The molecule has 1 unspecified atom stereocenters. The number of hydrogen-bond donors (Lipinski definition) is 0. The topological polar surface area (TPSA) is 0 Å². The molecule has 0 spiro atoms. The van der Waals surface area contributed by atoms with Gasteiger partial charge in [0.1, 0.15) is 0 Å². The molecule has 0 saturated carbocycles. The van der Waals surface area contributed by atoms with E-state index in [1.807, 2.05) is 0 Å². The highest BCUT2D eigenvalue weighted by Crippen LogP contribution is 2.49. The zero-order valence-corrected chi connectivity index (χ0v) is 21.2. The fourth-order valence-electron chi connectivity index (χ4n) is 6.22. The molecule has 0 saturated heterocycles. The lowest BCUT2D eigenvalue weighted by Gasteiger charge is -2.26. The van der Waals surface area contributed by atoms with Gasteiger partial charge < -0.3 is 0 Å². The number of rotatable bonds is 1. The summed E-state index contributed by atoms with van der Waals surface area (Å²) in [7, 11) is 0. The molecule has 0 radical (unpaired) electrons. The van der Waals surface area contributed by atoms with Crippen molar-refractivity contribution in [2.24, 2.45) is 0 Å². The van der Waals surface area contributed by atoms with E-state index in [1.165, 1.54) is 60.2 Å². The lowest BCUT2D eigenvalue weighted by atomic mass is 9.77. The van der Waals surface area contributed by atoms with E-state index in [4.69, 9.17) is 0 Å². The minimum absolute atomic E-state index is 0.0127. The van der Waals surface area contributed by atoms with E-state index >= 15 is 0 Å². The Hall–Kier alpha value is -3.16. The highest BCUT2D eigenvalue weighted by molar-refractivity contribution is 9.10. The minimum atomic E-state index is -0.180. The zero-order chi connectivity index (χ0) is 23.2. The van der Waals surface area contributed by atoms with Gasteiger partial charge in [-0.25, -0.2) is 0 Å². The van der Waals surface area contributed by atoms with E-state index in [1.54, 1.807) is 0 Å². The van der Waals surface area contributed by atoms with Gasteiger partial charge in [0.25, 0.3) is 0 Å². The van der Waals surface area contributed by atoms with E-state index in [0.29, 0.717) is 0 Å². The van der Waals surface area contributed by atoms with Crippen LogP contribution in [0.5, 0.6) is 0 Å². The van der Waals surface area contributed by atoms with Crippen LogP contribution >= 0.6 is 15.9 Å². The van der Waals surface area contributed by atoms with Gasteiger partial charge in [0, 0.05) is 15.3 Å². The van der Waals surface area contributed by atoms with Crippen molar-refractivity contribution in [3.63, 3.8) is 0 Å². The van der Waals surface area contributed by atoms with Crippen molar-refractivity contribution < 1.29 is 0 Å². The molecule has 0 aliphatic heterocycles. The monoisotopic (exact) mass is 500 g/mol. The highest BCUT2D eigenvalue weighted by atomic mass is 79.9. The Morgan fingerprint density at radius 3 is 2.18 bits per heavy atom. The van der Waals surface area contributed by atoms with Crippen LogP contribution in [0, 0.1) is 0 Å². The van der Waals surface area contributed by atoms with Crippen molar-refractivity contribution in [3.05, 3.63) is 124 Å². The second kappa shape index (κ2) is 6.71. The summed E-state index contributed by atoms with van der Waals surface area (Å²) in [6.07, 6.45) is 9.55. The first-order valence-electron chi connectivity index (χ1n) is 12.0. The van der Waals surface area contributed by atoms with E-state index in [-0.39, 0.29) is 10.8 Å². The fraction of sp³-hybridized carbons (Fsp3) is 0.152. The van der Waals surface area contributed by atoms with Crippen LogP contribution in [0.3, 0.4) is 0 Å². The summed E-state index contributed by atoms with van der Waals surface area (Å²) in [4.78, 5) is 0. The SMILES string of the molecule is CC1(c2cc3ccc4ccc(Br)c5ccc(c2)c3c45)C=CC2=C(C=C1)C(C)(C)c1ccccc12. The van der Waals surface area contributed by atoms with Crippen molar-refractivity contribution in [2.45, 2.75) is 31.6 Å². The smallest absolute Gasteiger partial charge is 0.0290 e.